The van der Waals surface area contributed by atoms with Crippen LogP contribution in [-0.4, -0.2) is 38.8 Å². The van der Waals surface area contributed by atoms with Crippen molar-refractivity contribution in [1.29, 1.82) is 0 Å². The van der Waals surface area contributed by atoms with Gasteiger partial charge in [-0.1, -0.05) is 13.3 Å². The Morgan fingerprint density at radius 1 is 1.42 bits per heavy atom. The lowest BCUT2D eigenvalue weighted by Gasteiger charge is -2.22. The Labute approximate surface area is 149 Å². The van der Waals surface area contributed by atoms with E-state index in [4.69, 9.17) is 10.5 Å². The first-order chi connectivity index (χ1) is 11.2. The largest absolute Gasteiger partial charge is 0.459 e. The molecule has 1 saturated heterocycles. The smallest absolute Gasteiger partial charge is 0.336 e. The standard InChI is InChI=1S/C16H26N6O.H2S/c1-3-4-11(2)23-16-20-14(17)15-19-10-13(22(15)21-16)9-12-5-7-18-8-6-12;/h10-12,18H,3-9H2,1-2H3,(H2,17,20,21);1H2/t11-;/m0./s1. The van der Waals surface area contributed by atoms with E-state index in [1.165, 1.54) is 12.8 Å². The van der Waals surface area contributed by atoms with Gasteiger partial charge in [-0.3, -0.25) is 0 Å². The molecule has 0 aliphatic carbocycles. The Bertz CT molecular complexity index is 655. The molecule has 3 N–H and O–H groups in total. The molecule has 1 fully saturated rings. The van der Waals surface area contributed by atoms with E-state index >= 15 is 0 Å². The highest BCUT2D eigenvalue weighted by Gasteiger charge is 2.18. The molecule has 3 rings (SSSR count). The lowest BCUT2D eigenvalue weighted by Crippen LogP contribution is -2.29. The summed E-state index contributed by atoms with van der Waals surface area (Å²) in [5.74, 6) is 1.03. The number of aromatic nitrogens is 4. The molecular weight excluding hydrogens is 324 g/mol. The maximum atomic E-state index is 6.03. The first-order valence-electron chi connectivity index (χ1n) is 8.55. The van der Waals surface area contributed by atoms with Crippen molar-refractivity contribution in [2.45, 2.75) is 52.1 Å². The number of nitrogens with two attached hydrogens (primary N) is 1. The minimum atomic E-state index is 0. The molecule has 0 aromatic carbocycles. The quantitative estimate of drug-likeness (QED) is 0.825. The summed E-state index contributed by atoms with van der Waals surface area (Å²) in [6.45, 7) is 6.32. The fourth-order valence-electron chi connectivity index (χ4n) is 3.14. The van der Waals surface area contributed by atoms with Crippen molar-refractivity contribution in [2.24, 2.45) is 5.92 Å². The highest BCUT2D eigenvalue weighted by atomic mass is 32.1. The lowest BCUT2D eigenvalue weighted by atomic mass is 9.93. The Morgan fingerprint density at radius 3 is 2.88 bits per heavy atom. The molecule has 1 aliphatic rings. The summed E-state index contributed by atoms with van der Waals surface area (Å²) in [6.07, 6.45) is 7.30. The molecule has 0 spiro atoms. The van der Waals surface area contributed by atoms with Crippen LogP contribution in [0.1, 0.15) is 45.2 Å². The van der Waals surface area contributed by atoms with E-state index in [-0.39, 0.29) is 19.6 Å². The van der Waals surface area contributed by atoms with Crippen molar-refractivity contribution < 1.29 is 4.74 Å². The second kappa shape index (κ2) is 8.53. The third kappa shape index (κ3) is 4.30. The second-order valence-electron chi connectivity index (χ2n) is 6.38. The molecule has 0 radical (unpaired) electrons. The molecule has 1 atom stereocenters. The summed E-state index contributed by atoms with van der Waals surface area (Å²) in [5, 5.41) is 7.90. The fourth-order valence-corrected chi connectivity index (χ4v) is 3.14. The molecule has 0 amide bonds. The summed E-state index contributed by atoms with van der Waals surface area (Å²) in [5.41, 5.74) is 7.72. The van der Waals surface area contributed by atoms with Gasteiger partial charge in [0.25, 0.3) is 0 Å². The average Bonchev–Trinajstić information content (AvgIpc) is 2.92. The maximum Gasteiger partial charge on any atom is 0.336 e. The molecule has 2 aromatic heterocycles. The molecule has 1 aliphatic heterocycles. The van der Waals surface area contributed by atoms with Gasteiger partial charge in [-0.15, -0.1) is 5.10 Å². The van der Waals surface area contributed by atoms with Crippen LogP contribution in [0.4, 0.5) is 5.82 Å². The highest BCUT2D eigenvalue weighted by Crippen LogP contribution is 2.21. The topological polar surface area (TPSA) is 90.4 Å². The molecule has 24 heavy (non-hydrogen) atoms. The van der Waals surface area contributed by atoms with Crippen molar-refractivity contribution >= 4 is 25.0 Å². The van der Waals surface area contributed by atoms with Crippen LogP contribution in [0.15, 0.2) is 6.20 Å². The van der Waals surface area contributed by atoms with E-state index in [0.29, 0.717) is 23.4 Å². The van der Waals surface area contributed by atoms with Crippen LogP contribution in [0, 0.1) is 5.92 Å². The number of fused-ring (bicyclic) bond motifs is 1. The number of nitrogen functional groups attached to an aromatic ring is 1. The third-order valence-electron chi connectivity index (χ3n) is 4.40. The van der Waals surface area contributed by atoms with Crippen LogP contribution in [0.2, 0.25) is 0 Å². The zero-order valence-electron chi connectivity index (χ0n) is 14.5. The van der Waals surface area contributed by atoms with Crippen molar-refractivity contribution in [2.75, 3.05) is 18.8 Å². The summed E-state index contributed by atoms with van der Waals surface area (Å²) < 4.78 is 7.60. The van der Waals surface area contributed by atoms with Crippen molar-refractivity contribution in [1.82, 2.24) is 24.9 Å². The summed E-state index contributed by atoms with van der Waals surface area (Å²) in [6, 6.07) is 0.334. The minimum absolute atomic E-state index is 0. The number of nitrogens with zero attached hydrogens (tertiary/aromatic N) is 4. The van der Waals surface area contributed by atoms with Gasteiger partial charge in [-0.2, -0.15) is 18.5 Å². The number of nitrogens with one attached hydrogen (secondary N) is 1. The molecule has 8 heteroatoms. The van der Waals surface area contributed by atoms with Gasteiger partial charge in [0.05, 0.1) is 18.0 Å². The summed E-state index contributed by atoms with van der Waals surface area (Å²) in [7, 11) is 0. The van der Waals surface area contributed by atoms with E-state index < -0.39 is 0 Å². The Hall–Kier alpha value is -1.54. The molecule has 3 heterocycles. The van der Waals surface area contributed by atoms with E-state index in [1.54, 1.807) is 4.52 Å². The van der Waals surface area contributed by atoms with E-state index in [9.17, 15) is 0 Å². The van der Waals surface area contributed by atoms with Gasteiger partial charge >= 0.3 is 6.01 Å². The van der Waals surface area contributed by atoms with Crippen LogP contribution in [0.3, 0.4) is 0 Å². The third-order valence-corrected chi connectivity index (χ3v) is 4.40. The molecule has 0 unspecified atom stereocenters. The van der Waals surface area contributed by atoms with Gasteiger partial charge in [0.1, 0.15) is 0 Å². The monoisotopic (exact) mass is 352 g/mol. The Kier molecular flexibility index (Phi) is 6.68. The number of anilines is 1. The van der Waals surface area contributed by atoms with Crippen LogP contribution < -0.4 is 15.8 Å². The molecule has 0 saturated carbocycles. The molecule has 134 valence electrons. The zero-order chi connectivity index (χ0) is 16.2. The predicted molar refractivity (Wildman–Crippen MR) is 99.9 cm³/mol. The van der Waals surface area contributed by atoms with Crippen LogP contribution in [-0.2, 0) is 6.42 Å². The van der Waals surface area contributed by atoms with Crippen molar-refractivity contribution in [3.63, 3.8) is 0 Å². The van der Waals surface area contributed by atoms with Gasteiger partial charge < -0.3 is 15.8 Å². The number of imidazole rings is 1. The zero-order valence-corrected chi connectivity index (χ0v) is 15.5. The van der Waals surface area contributed by atoms with E-state index in [2.05, 4.69) is 27.3 Å². The molecule has 2 aromatic rings. The summed E-state index contributed by atoms with van der Waals surface area (Å²) in [4.78, 5) is 8.62. The lowest BCUT2D eigenvalue weighted by molar-refractivity contribution is 0.189. The van der Waals surface area contributed by atoms with Crippen LogP contribution >= 0.6 is 13.5 Å². The summed E-state index contributed by atoms with van der Waals surface area (Å²) >= 11 is 0. The van der Waals surface area contributed by atoms with E-state index in [0.717, 1.165) is 38.0 Å². The number of ether oxygens (including phenoxy) is 1. The normalized spacial score (nSPS) is 16.8. The SMILES string of the molecule is CCC[C@H](C)Oc1nc(N)c2ncc(CC3CCNCC3)n2n1.S. The van der Waals surface area contributed by atoms with Gasteiger partial charge in [0, 0.05) is 0 Å². The highest BCUT2D eigenvalue weighted by molar-refractivity contribution is 7.59. The van der Waals surface area contributed by atoms with Gasteiger partial charge in [0.15, 0.2) is 11.5 Å². The van der Waals surface area contributed by atoms with Crippen LogP contribution in [0.25, 0.3) is 5.65 Å². The maximum absolute atomic E-state index is 6.03. The second-order valence-corrected chi connectivity index (χ2v) is 6.38. The van der Waals surface area contributed by atoms with Crippen molar-refractivity contribution in [3.8, 4) is 6.01 Å². The first-order valence-corrected chi connectivity index (χ1v) is 8.55. The molecule has 0 bridgehead atoms. The fraction of sp³-hybridized carbons (Fsp3) is 0.688. The number of rotatable bonds is 6. The minimum Gasteiger partial charge on any atom is -0.459 e. The van der Waals surface area contributed by atoms with Gasteiger partial charge in [-0.25, -0.2) is 9.50 Å². The Morgan fingerprint density at radius 2 is 2.17 bits per heavy atom. The van der Waals surface area contributed by atoms with Crippen LogP contribution in [0.5, 0.6) is 6.01 Å². The molecule has 7 nitrogen and oxygen atoms in total. The number of hydrogen-bond donors (Lipinski definition) is 2. The van der Waals surface area contributed by atoms with Gasteiger partial charge in [0.2, 0.25) is 0 Å². The molecular formula is C16H28N6OS. The van der Waals surface area contributed by atoms with E-state index in [1.807, 2.05) is 13.1 Å². The number of piperidine rings is 1. The van der Waals surface area contributed by atoms with Crippen molar-refractivity contribution in [3.05, 3.63) is 11.9 Å². The van der Waals surface area contributed by atoms with Gasteiger partial charge in [-0.05, 0) is 51.6 Å². The Balaban J connectivity index is 0.00000208. The first kappa shape index (κ1) is 18.8. The average molecular weight is 353 g/mol. The predicted octanol–water partition coefficient (Wildman–Crippen LogP) is 1.93. The number of hydrogen-bond acceptors (Lipinski definition) is 6.